The lowest BCUT2D eigenvalue weighted by Gasteiger charge is -2.11. The molecule has 0 aromatic carbocycles. The monoisotopic (exact) mass is 194 g/mol. The summed E-state index contributed by atoms with van der Waals surface area (Å²) in [6.45, 7) is -0.164. The second kappa shape index (κ2) is 3.25. The molecule has 1 N–H and O–H groups in total. The fraction of sp³-hybridized carbons (Fsp3) is 0.444. The number of carbonyl (C=O) groups excluding carboxylic acids is 1. The minimum atomic E-state index is -0.936. The van der Waals surface area contributed by atoms with Gasteiger partial charge in [-0.1, -0.05) is 0 Å². The second-order valence-electron chi connectivity index (χ2n) is 3.33. The number of fused-ring (bicyclic) bond motifs is 1. The van der Waals surface area contributed by atoms with Gasteiger partial charge in [-0.15, -0.1) is 0 Å². The number of aliphatic carboxylic acids is 1. The Hall–Kier alpha value is -1.65. The molecule has 5 nitrogen and oxygen atoms in total. The standard InChI is InChI=1S/C9H10N2O3/c12-8-3-1-2-7-6(8)4-10-11(7)5-9(13)14/h4H,1-3,5H2,(H,13,14). The Morgan fingerprint density at radius 1 is 1.57 bits per heavy atom. The van der Waals surface area contributed by atoms with Gasteiger partial charge in [-0.25, -0.2) is 0 Å². The van der Waals surface area contributed by atoms with Crippen molar-refractivity contribution in [3.8, 4) is 0 Å². The van der Waals surface area contributed by atoms with Gasteiger partial charge in [0.1, 0.15) is 6.54 Å². The first-order valence-corrected chi connectivity index (χ1v) is 4.48. The number of hydrogen-bond acceptors (Lipinski definition) is 3. The molecule has 2 rings (SSSR count). The normalized spacial score (nSPS) is 15.3. The van der Waals surface area contributed by atoms with E-state index in [1.54, 1.807) is 0 Å². The molecule has 1 aliphatic rings. The van der Waals surface area contributed by atoms with Gasteiger partial charge in [0.15, 0.2) is 5.78 Å². The fourth-order valence-corrected chi connectivity index (χ4v) is 1.72. The average Bonchev–Trinajstić information content (AvgIpc) is 2.49. The third kappa shape index (κ3) is 1.41. The van der Waals surface area contributed by atoms with E-state index in [2.05, 4.69) is 5.10 Å². The number of nitrogens with zero attached hydrogens (tertiary/aromatic N) is 2. The lowest BCUT2D eigenvalue weighted by molar-refractivity contribution is -0.137. The summed E-state index contributed by atoms with van der Waals surface area (Å²) in [7, 11) is 0. The number of carbonyl (C=O) groups is 2. The Morgan fingerprint density at radius 3 is 3.07 bits per heavy atom. The van der Waals surface area contributed by atoms with E-state index in [1.807, 2.05) is 0 Å². The third-order valence-corrected chi connectivity index (χ3v) is 2.35. The van der Waals surface area contributed by atoms with E-state index >= 15 is 0 Å². The lowest BCUT2D eigenvalue weighted by Crippen LogP contribution is -2.17. The van der Waals surface area contributed by atoms with Crippen LogP contribution in [0.15, 0.2) is 6.20 Å². The molecule has 5 heteroatoms. The summed E-state index contributed by atoms with van der Waals surface area (Å²) in [5.41, 5.74) is 1.36. The number of carboxylic acids is 1. The minimum Gasteiger partial charge on any atom is -0.480 e. The molecule has 0 aliphatic heterocycles. The number of carboxylic acid groups (broad SMARTS) is 1. The molecule has 0 unspecified atom stereocenters. The van der Waals surface area contributed by atoms with Gasteiger partial charge in [-0.3, -0.25) is 14.3 Å². The van der Waals surface area contributed by atoms with Crippen molar-refractivity contribution in [1.29, 1.82) is 0 Å². The first-order valence-electron chi connectivity index (χ1n) is 4.48. The number of Topliss-reactive ketones (excluding diaryl/α,β-unsaturated/α-hetero) is 1. The molecule has 0 spiro atoms. The van der Waals surface area contributed by atoms with E-state index in [9.17, 15) is 9.59 Å². The fourth-order valence-electron chi connectivity index (χ4n) is 1.72. The van der Waals surface area contributed by atoms with E-state index in [0.717, 1.165) is 18.5 Å². The van der Waals surface area contributed by atoms with Crippen LogP contribution in [0.5, 0.6) is 0 Å². The highest BCUT2D eigenvalue weighted by atomic mass is 16.4. The zero-order valence-electron chi connectivity index (χ0n) is 7.56. The van der Waals surface area contributed by atoms with Gasteiger partial charge >= 0.3 is 5.97 Å². The van der Waals surface area contributed by atoms with Crippen molar-refractivity contribution in [2.75, 3.05) is 0 Å². The summed E-state index contributed by atoms with van der Waals surface area (Å²) in [5, 5.41) is 12.5. The molecule has 1 aromatic heterocycles. The average molecular weight is 194 g/mol. The van der Waals surface area contributed by atoms with Crippen molar-refractivity contribution in [2.45, 2.75) is 25.8 Å². The maximum absolute atomic E-state index is 11.4. The topological polar surface area (TPSA) is 72.2 Å². The van der Waals surface area contributed by atoms with Crippen LogP contribution in [0.4, 0.5) is 0 Å². The zero-order chi connectivity index (χ0) is 10.1. The summed E-state index contributed by atoms with van der Waals surface area (Å²) >= 11 is 0. The molecule has 0 amide bonds. The number of rotatable bonds is 2. The predicted molar refractivity (Wildman–Crippen MR) is 47.1 cm³/mol. The molecular weight excluding hydrogens is 184 g/mol. The first kappa shape index (κ1) is 8.93. The Bertz CT molecular complexity index is 395. The van der Waals surface area contributed by atoms with Crippen molar-refractivity contribution in [3.05, 3.63) is 17.5 Å². The van der Waals surface area contributed by atoms with E-state index in [1.165, 1.54) is 10.9 Å². The molecule has 0 saturated carbocycles. The molecule has 74 valence electrons. The summed E-state index contributed by atoms with van der Waals surface area (Å²) < 4.78 is 1.40. The molecule has 0 saturated heterocycles. The van der Waals surface area contributed by atoms with E-state index in [0.29, 0.717) is 12.0 Å². The number of hydrogen-bond donors (Lipinski definition) is 1. The van der Waals surface area contributed by atoms with Gasteiger partial charge in [0, 0.05) is 12.1 Å². The van der Waals surface area contributed by atoms with Gasteiger partial charge in [0.2, 0.25) is 0 Å². The van der Waals surface area contributed by atoms with Crippen LogP contribution in [0.3, 0.4) is 0 Å². The van der Waals surface area contributed by atoms with Crippen LogP contribution in [0.2, 0.25) is 0 Å². The second-order valence-corrected chi connectivity index (χ2v) is 3.33. The highest BCUT2D eigenvalue weighted by Crippen LogP contribution is 2.20. The summed E-state index contributed by atoms with van der Waals surface area (Å²) in [5.74, 6) is -0.864. The lowest BCUT2D eigenvalue weighted by atomic mass is 9.97. The van der Waals surface area contributed by atoms with Crippen LogP contribution in [0.1, 0.15) is 28.9 Å². The Morgan fingerprint density at radius 2 is 2.36 bits per heavy atom. The van der Waals surface area contributed by atoms with Crippen LogP contribution in [0.25, 0.3) is 0 Å². The van der Waals surface area contributed by atoms with Crippen molar-refractivity contribution >= 4 is 11.8 Å². The molecule has 1 heterocycles. The highest BCUT2D eigenvalue weighted by Gasteiger charge is 2.22. The first-order chi connectivity index (χ1) is 6.68. The summed E-state index contributed by atoms with van der Waals surface area (Å²) in [4.78, 5) is 21.9. The SMILES string of the molecule is O=C(O)Cn1ncc2c1CCCC2=O. The van der Waals surface area contributed by atoms with Crippen LogP contribution in [-0.4, -0.2) is 26.6 Å². The van der Waals surface area contributed by atoms with Crippen molar-refractivity contribution in [3.63, 3.8) is 0 Å². The molecule has 14 heavy (non-hydrogen) atoms. The van der Waals surface area contributed by atoms with Gasteiger partial charge in [0.25, 0.3) is 0 Å². The maximum Gasteiger partial charge on any atom is 0.325 e. The van der Waals surface area contributed by atoms with Crippen molar-refractivity contribution in [2.24, 2.45) is 0 Å². The Kier molecular flexibility index (Phi) is 2.07. The third-order valence-electron chi connectivity index (χ3n) is 2.35. The van der Waals surface area contributed by atoms with Crippen molar-refractivity contribution in [1.82, 2.24) is 9.78 Å². The molecule has 0 atom stereocenters. The Labute approximate surface area is 80.3 Å². The molecular formula is C9H10N2O3. The van der Waals surface area contributed by atoms with Crippen LogP contribution in [-0.2, 0) is 17.8 Å². The molecule has 1 aromatic rings. The molecule has 0 bridgehead atoms. The van der Waals surface area contributed by atoms with Crippen LogP contribution in [0, 0.1) is 0 Å². The summed E-state index contributed by atoms with van der Waals surface area (Å²) in [6.07, 6.45) is 3.55. The van der Waals surface area contributed by atoms with Gasteiger partial charge in [-0.2, -0.15) is 5.10 Å². The van der Waals surface area contributed by atoms with Crippen LogP contribution >= 0.6 is 0 Å². The van der Waals surface area contributed by atoms with Crippen molar-refractivity contribution < 1.29 is 14.7 Å². The molecule has 1 aliphatic carbocycles. The van der Waals surface area contributed by atoms with E-state index in [-0.39, 0.29) is 12.3 Å². The smallest absolute Gasteiger partial charge is 0.325 e. The number of ketones is 1. The summed E-state index contributed by atoms with van der Waals surface area (Å²) in [6, 6.07) is 0. The quantitative estimate of drug-likeness (QED) is 0.743. The minimum absolute atomic E-state index is 0.0721. The maximum atomic E-state index is 11.4. The van der Waals surface area contributed by atoms with Gasteiger partial charge in [0.05, 0.1) is 11.8 Å². The largest absolute Gasteiger partial charge is 0.480 e. The number of aromatic nitrogens is 2. The van der Waals surface area contributed by atoms with E-state index < -0.39 is 5.97 Å². The zero-order valence-corrected chi connectivity index (χ0v) is 7.56. The van der Waals surface area contributed by atoms with E-state index in [4.69, 9.17) is 5.11 Å². The van der Waals surface area contributed by atoms with Gasteiger partial charge < -0.3 is 5.11 Å². The predicted octanol–water partition coefficient (Wildman–Crippen LogP) is 0.487. The Balaban J connectivity index is 2.35. The van der Waals surface area contributed by atoms with Gasteiger partial charge in [-0.05, 0) is 12.8 Å². The van der Waals surface area contributed by atoms with Crippen LogP contribution < -0.4 is 0 Å². The highest BCUT2D eigenvalue weighted by molar-refractivity contribution is 5.97. The molecule has 0 radical (unpaired) electrons. The molecule has 0 fully saturated rings.